The first-order valence-corrected chi connectivity index (χ1v) is 28.8. The molecule has 16 nitrogen and oxygen atoms in total. The van der Waals surface area contributed by atoms with Crippen molar-refractivity contribution in [1.82, 2.24) is 24.2 Å². The zero-order valence-electron chi connectivity index (χ0n) is 39.1. The van der Waals surface area contributed by atoms with Crippen LogP contribution in [0, 0.1) is 13.8 Å². The van der Waals surface area contributed by atoms with Crippen LogP contribution in [0.2, 0.25) is 18.1 Å². The number of nitrogens with zero attached hydrogens (tertiary/aromatic N) is 2. The van der Waals surface area contributed by atoms with Crippen molar-refractivity contribution in [3.63, 3.8) is 0 Å². The van der Waals surface area contributed by atoms with Gasteiger partial charge in [0, 0.05) is 42.9 Å². The molecular weight excluding hydrogens is 934 g/mol. The number of nitrogens with one attached hydrogen (secondary N) is 3. The van der Waals surface area contributed by atoms with E-state index in [1.54, 1.807) is 28.1 Å². The molecule has 3 N–H and O–H groups in total. The fourth-order valence-corrected chi connectivity index (χ4v) is 11.8. The lowest BCUT2D eigenvalue weighted by Crippen LogP contribution is -2.47. The van der Waals surface area contributed by atoms with Gasteiger partial charge in [-0.2, -0.15) is 0 Å². The monoisotopic (exact) mass is 993 g/mol. The van der Waals surface area contributed by atoms with Crippen LogP contribution in [-0.4, -0.2) is 79.2 Å². The first kappa shape index (κ1) is 50.5. The van der Waals surface area contributed by atoms with Crippen LogP contribution in [-0.2, 0) is 40.6 Å². The van der Waals surface area contributed by atoms with Crippen LogP contribution in [0.1, 0.15) is 73.9 Å². The third-order valence-electron chi connectivity index (χ3n) is 12.9. The number of methoxy groups -OCH3 is 2. The number of thiol groups is 1. The maximum absolute atomic E-state index is 13.3. The zero-order valence-corrected chi connectivity index (χ0v) is 42.7. The van der Waals surface area contributed by atoms with E-state index in [9.17, 15) is 19.2 Å². The van der Waals surface area contributed by atoms with E-state index < -0.39 is 78.9 Å². The minimum Gasteiger partial charge on any atom is -0.497 e. The summed E-state index contributed by atoms with van der Waals surface area (Å²) in [5.41, 5.74) is -3.51. The molecule has 0 amide bonds. The average molecular weight is 994 g/mol. The van der Waals surface area contributed by atoms with Crippen LogP contribution in [0.25, 0.3) is 0 Å². The molecule has 7 atom stereocenters. The molecule has 0 radical (unpaired) electrons. The number of aryl methyl sites for hydroxylation is 2. The zero-order chi connectivity index (χ0) is 48.5. The van der Waals surface area contributed by atoms with Crippen LogP contribution >= 0.6 is 17.9 Å². The van der Waals surface area contributed by atoms with Gasteiger partial charge in [-0.25, -0.2) is 9.59 Å². The third kappa shape index (κ3) is 11.1. The van der Waals surface area contributed by atoms with Crippen LogP contribution in [0.4, 0.5) is 0 Å². The molecule has 67 heavy (non-hydrogen) atoms. The predicted molar refractivity (Wildman–Crippen MR) is 266 cm³/mol. The maximum atomic E-state index is 13.3. The second kappa shape index (κ2) is 20.3. The van der Waals surface area contributed by atoms with Crippen LogP contribution in [0.5, 0.6) is 11.5 Å². The molecule has 0 bridgehead atoms. The number of H-pyrrole nitrogens is 2. The van der Waals surface area contributed by atoms with Gasteiger partial charge in [0.1, 0.15) is 35.7 Å². The number of rotatable bonds is 17. The largest absolute Gasteiger partial charge is 0.497 e. The lowest BCUT2D eigenvalue weighted by atomic mass is 9.80. The van der Waals surface area contributed by atoms with Gasteiger partial charge < -0.3 is 32.6 Å². The van der Waals surface area contributed by atoms with Crippen molar-refractivity contribution < 1.29 is 32.6 Å². The molecule has 7 rings (SSSR count). The van der Waals surface area contributed by atoms with Gasteiger partial charge in [-0.15, -0.1) is 12.2 Å². The van der Waals surface area contributed by atoms with E-state index >= 15 is 0 Å². The minimum atomic E-state index is -3.23. The van der Waals surface area contributed by atoms with Gasteiger partial charge in [0.15, 0.2) is 13.9 Å². The number of hydrogen-bond donors (Lipinski definition) is 4. The highest BCUT2D eigenvalue weighted by Crippen LogP contribution is 2.53. The van der Waals surface area contributed by atoms with Gasteiger partial charge in [-0.3, -0.25) is 33.8 Å². The Balaban J connectivity index is 1.21. The summed E-state index contributed by atoms with van der Waals surface area (Å²) in [4.78, 5) is 55.8. The Labute approximate surface area is 400 Å². The Morgan fingerprint density at radius 1 is 0.746 bits per heavy atom. The van der Waals surface area contributed by atoms with E-state index in [1.165, 1.54) is 21.5 Å². The Morgan fingerprint density at radius 3 is 1.69 bits per heavy atom. The Hall–Kier alpha value is -4.40. The van der Waals surface area contributed by atoms with Crippen molar-refractivity contribution in [2.24, 2.45) is 0 Å². The molecule has 5 aromatic rings. The molecule has 4 heterocycles. The molecule has 2 saturated heterocycles. The summed E-state index contributed by atoms with van der Waals surface area (Å²) in [6.07, 6.45) is -0.779. The first-order chi connectivity index (χ1) is 31.6. The number of aromatic amines is 2. The summed E-state index contributed by atoms with van der Waals surface area (Å²) < 4.78 is 48.0. The molecule has 3 aromatic carbocycles. The van der Waals surface area contributed by atoms with E-state index in [2.05, 4.69) is 48.9 Å². The van der Waals surface area contributed by atoms with Gasteiger partial charge in [0.2, 0.25) is 0 Å². The van der Waals surface area contributed by atoms with Gasteiger partial charge in [0.25, 0.3) is 11.1 Å². The van der Waals surface area contributed by atoms with Crippen molar-refractivity contribution in [3.05, 3.63) is 161 Å². The lowest BCUT2D eigenvalue weighted by Gasteiger charge is -2.39. The number of ether oxygens (including phenoxy) is 5. The highest BCUT2D eigenvalue weighted by Gasteiger charge is 2.47. The normalized spacial score (nSPS) is 22.1. The second-order valence-electron chi connectivity index (χ2n) is 18.4. The molecule has 20 heteroatoms. The summed E-state index contributed by atoms with van der Waals surface area (Å²) in [5.74, 6) is 1.34. The van der Waals surface area contributed by atoms with Gasteiger partial charge in [-0.05, 0) is 84.7 Å². The predicted octanol–water partition coefficient (Wildman–Crippen LogP) is 6.82. The second-order valence-corrected chi connectivity index (χ2v) is 28.8. The molecule has 0 spiro atoms. The van der Waals surface area contributed by atoms with E-state index in [1.807, 2.05) is 78.9 Å². The highest BCUT2D eigenvalue weighted by molar-refractivity contribution is 8.61. The quantitative estimate of drug-likeness (QED) is 0.0330. The topological polar surface area (TPSA) is 186 Å². The lowest BCUT2D eigenvalue weighted by molar-refractivity contribution is -0.0908. The van der Waals surface area contributed by atoms with Crippen molar-refractivity contribution in [2.75, 3.05) is 27.4 Å². The summed E-state index contributed by atoms with van der Waals surface area (Å²) in [6.45, 7) is 14.1. The molecular formula is C47H60N5O11PS2Si. The summed E-state index contributed by atoms with van der Waals surface area (Å²) >= 11 is 11.1. The van der Waals surface area contributed by atoms with Gasteiger partial charge in [0.05, 0.1) is 39.1 Å². The molecule has 0 saturated carbocycles. The van der Waals surface area contributed by atoms with E-state index in [4.69, 9.17) is 56.7 Å². The Morgan fingerprint density at radius 2 is 1.21 bits per heavy atom. The van der Waals surface area contributed by atoms with Crippen molar-refractivity contribution in [2.45, 2.75) is 108 Å². The summed E-state index contributed by atoms with van der Waals surface area (Å²) in [6, 6.07) is 25.1. The van der Waals surface area contributed by atoms with E-state index in [-0.39, 0.29) is 24.6 Å². The van der Waals surface area contributed by atoms with Gasteiger partial charge in [-0.1, -0.05) is 75.4 Å². The minimum absolute atomic E-state index is 0.0580. The SMILES string of the molecule is COc1ccc(C(OC[C@H]2O[C@@H](n3cc(C)c(=O)[nH]c3=O)C[C@@H]2OP(=S)(S)NC[C@H]2O[C@@H](n3cc(C)c(=O)[nH]c3=O)C[C@@H]2O[Si](C)(C)C(C)(C)C)(c2ccccc2)c2ccc(OC)cc2)cc1. The molecule has 2 aliphatic rings. The molecule has 2 aliphatic heterocycles. The number of benzene rings is 3. The molecule has 2 aromatic heterocycles. The van der Waals surface area contributed by atoms with Crippen molar-refractivity contribution in [1.29, 1.82) is 0 Å². The van der Waals surface area contributed by atoms with Crippen molar-refractivity contribution >= 4 is 38.0 Å². The Bertz CT molecular complexity index is 2770. The number of aromatic nitrogens is 4. The van der Waals surface area contributed by atoms with Crippen molar-refractivity contribution in [3.8, 4) is 11.5 Å². The third-order valence-corrected chi connectivity index (χ3v) is 19.9. The molecule has 360 valence electrons. The maximum Gasteiger partial charge on any atom is 0.330 e. The fourth-order valence-electron chi connectivity index (χ4n) is 8.17. The van der Waals surface area contributed by atoms with Crippen LogP contribution in [0.15, 0.2) is 110 Å². The highest BCUT2D eigenvalue weighted by atomic mass is 32.9. The summed E-state index contributed by atoms with van der Waals surface area (Å²) in [7, 11) is 0.855. The first-order valence-electron chi connectivity index (χ1n) is 22.0. The average Bonchev–Trinajstić information content (AvgIpc) is 3.88. The van der Waals surface area contributed by atoms with E-state index in [0.29, 0.717) is 29.0 Å². The molecule has 1 unspecified atom stereocenters. The van der Waals surface area contributed by atoms with Crippen LogP contribution < -0.4 is 37.1 Å². The molecule has 2 fully saturated rings. The fraction of sp³-hybridized carbons (Fsp3) is 0.447. The molecule has 0 aliphatic carbocycles. The Kier molecular flexibility index (Phi) is 15.3. The van der Waals surface area contributed by atoms with E-state index in [0.717, 1.165) is 16.7 Å². The van der Waals surface area contributed by atoms with Crippen LogP contribution in [0.3, 0.4) is 0 Å². The number of hydrogen-bond acceptors (Lipinski definition) is 12. The summed E-state index contributed by atoms with van der Waals surface area (Å²) in [5, 5.41) is 3.23. The standard InChI is InChI=1S/C47H60N5O11PS2Si/c1-29-26-51(44(55)49-42(29)53)40-23-36(62-64(65,66)48-25-38-37(63-67(8,9)46(3,4)5)24-41(60-38)52-27-30(2)43(54)50-45(52)56)39(61-40)28-59-47(31-13-11-10-12-14-31,32-15-19-34(57-6)20-16-32)33-17-21-35(58-7)22-18-33/h10-22,26-27,36-41H,23-25,28H2,1-9H3,(H2,48,65,66)(H,49,53,55)(H,50,54,56)/t36-,37-,38+,39+,40+,41+/m0/s1. The smallest absolute Gasteiger partial charge is 0.330 e. The van der Waals surface area contributed by atoms with Gasteiger partial charge >= 0.3 is 11.4 Å².